The Kier molecular flexibility index (Phi) is 9.67. The number of nitrogens with zero attached hydrogens (tertiary/aromatic N) is 3. The molecule has 1 amide bonds. The number of halogens is 1. The molecule has 0 aromatic heterocycles. The molecule has 2 N–H and O–H groups in total. The highest BCUT2D eigenvalue weighted by atomic mass is 35.5. The normalized spacial score (nSPS) is 23.1. The molecule has 0 saturated carbocycles. The van der Waals surface area contributed by atoms with Gasteiger partial charge in [0, 0.05) is 43.8 Å². The molecule has 35 heavy (non-hydrogen) atoms. The number of rotatable bonds is 8. The van der Waals surface area contributed by atoms with Gasteiger partial charge in [-0.1, -0.05) is 49.7 Å². The van der Waals surface area contributed by atoms with Gasteiger partial charge in [0.1, 0.15) is 5.70 Å². The molecule has 2 fully saturated rings. The Hall–Kier alpha value is -1.86. The molecule has 3 aliphatic heterocycles. The van der Waals surface area contributed by atoms with Crippen molar-refractivity contribution in [2.75, 3.05) is 45.8 Å². The predicted molar refractivity (Wildman–Crippen MR) is 144 cm³/mol. The number of benzene rings is 1. The van der Waals surface area contributed by atoms with E-state index in [0.717, 1.165) is 70.2 Å². The number of amides is 1. The van der Waals surface area contributed by atoms with Crippen LogP contribution < -0.4 is 10.6 Å². The van der Waals surface area contributed by atoms with Crippen LogP contribution in [-0.4, -0.2) is 78.6 Å². The van der Waals surface area contributed by atoms with Crippen molar-refractivity contribution in [2.45, 2.75) is 58.3 Å². The SMILES string of the molecule is CC(C)CCNC(=O)C1=CC=CC(N2CCCN(C3CCN(Cc4ccccc4Cl)CC3)CC2)N1. The maximum Gasteiger partial charge on any atom is 0.267 e. The molecule has 1 atom stereocenters. The number of allylic oxidation sites excluding steroid dienone is 2. The minimum Gasteiger partial charge on any atom is -0.362 e. The summed E-state index contributed by atoms with van der Waals surface area (Å²) in [5.74, 6) is 0.589. The number of hydrogen-bond donors (Lipinski definition) is 2. The summed E-state index contributed by atoms with van der Waals surface area (Å²) in [6.45, 7) is 12.6. The van der Waals surface area contributed by atoms with Crippen LogP contribution in [0.4, 0.5) is 0 Å². The number of carbonyl (C=O) groups excluding carboxylic acids is 1. The van der Waals surface area contributed by atoms with Crippen LogP contribution in [0.1, 0.15) is 45.1 Å². The highest BCUT2D eigenvalue weighted by Gasteiger charge is 2.29. The van der Waals surface area contributed by atoms with Crippen LogP contribution in [0.25, 0.3) is 0 Å². The minimum atomic E-state index is -0.00000139. The lowest BCUT2D eigenvalue weighted by Crippen LogP contribution is -2.50. The Labute approximate surface area is 216 Å². The topological polar surface area (TPSA) is 50.9 Å². The minimum absolute atomic E-state index is 0.00000139. The third-order valence-corrected chi connectivity index (χ3v) is 7.86. The largest absolute Gasteiger partial charge is 0.362 e. The smallest absolute Gasteiger partial charge is 0.267 e. The van der Waals surface area contributed by atoms with Crippen LogP contribution in [0.2, 0.25) is 5.02 Å². The van der Waals surface area contributed by atoms with Crippen molar-refractivity contribution in [1.82, 2.24) is 25.3 Å². The standard InChI is InChI=1S/C28H42ClN5O/c1-22(2)11-14-30-28(35)26-9-5-10-27(31-26)34-16-6-15-33(19-20-34)24-12-17-32(18-13-24)21-23-7-3-4-8-25(23)29/h3-5,7-10,22,24,27,31H,6,11-21H2,1-2H3,(H,30,35). The first-order valence-electron chi connectivity index (χ1n) is 13.4. The first-order valence-corrected chi connectivity index (χ1v) is 13.7. The van der Waals surface area contributed by atoms with Crippen LogP contribution in [0.3, 0.4) is 0 Å². The summed E-state index contributed by atoms with van der Waals surface area (Å²) in [5.41, 5.74) is 1.90. The molecule has 7 heteroatoms. The van der Waals surface area contributed by atoms with E-state index in [0.29, 0.717) is 17.7 Å². The molecule has 6 nitrogen and oxygen atoms in total. The lowest BCUT2D eigenvalue weighted by Gasteiger charge is -2.38. The summed E-state index contributed by atoms with van der Waals surface area (Å²) in [5, 5.41) is 7.39. The number of nitrogens with one attached hydrogen (secondary N) is 2. The van der Waals surface area contributed by atoms with Gasteiger partial charge >= 0.3 is 0 Å². The third kappa shape index (κ3) is 7.56. The number of carbonyl (C=O) groups is 1. The van der Waals surface area contributed by atoms with Crippen LogP contribution in [0, 0.1) is 5.92 Å². The maximum atomic E-state index is 12.6. The Balaban J connectivity index is 1.22. The van der Waals surface area contributed by atoms with E-state index in [9.17, 15) is 4.79 Å². The zero-order valence-electron chi connectivity index (χ0n) is 21.4. The Morgan fingerprint density at radius 3 is 2.60 bits per heavy atom. The summed E-state index contributed by atoms with van der Waals surface area (Å²) in [4.78, 5) is 20.3. The summed E-state index contributed by atoms with van der Waals surface area (Å²) in [7, 11) is 0. The molecule has 3 aliphatic rings. The number of dihydropyridines is 1. The Morgan fingerprint density at radius 1 is 1.09 bits per heavy atom. The Morgan fingerprint density at radius 2 is 1.83 bits per heavy atom. The number of piperidine rings is 1. The van der Waals surface area contributed by atoms with Crippen LogP contribution in [0.5, 0.6) is 0 Å². The molecule has 3 heterocycles. The van der Waals surface area contributed by atoms with Crippen LogP contribution in [-0.2, 0) is 11.3 Å². The molecule has 0 spiro atoms. The van der Waals surface area contributed by atoms with Gasteiger partial charge in [-0.15, -0.1) is 0 Å². The fraction of sp³-hybridized carbons (Fsp3) is 0.607. The summed E-state index contributed by atoms with van der Waals surface area (Å²) >= 11 is 6.37. The zero-order chi connectivity index (χ0) is 24.6. The summed E-state index contributed by atoms with van der Waals surface area (Å²) in [6, 6.07) is 8.86. The average Bonchev–Trinajstić information content (AvgIpc) is 3.12. The fourth-order valence-corrected chi connectivity index (χ4v) is 5.54. The lowest BCUT2D eigenvalue weighted by atomic mass is 10.0. The van der Waals surface area contributed by atoms with Gasteiger partial charge < -0.3 is 10.6 Å². The third-order valence-electron chi connectivity index (χ3n) is 7.50. The van der Waals surface area contributed by atoms with Gasteiger partial charge in [-0.2, -0.15) is 0 Å². The van der Waals surface area contributed by atoms with E-state index in [1.807, 2.05) is 24.3 Å². The van der Waals surface area contributed by atoms with E-state index in [2.05, 4.69) is 57.4 Å². The van der Waals surface area contributed by atoms with Crippen molar-refractivity contribution in [3.05, 3.63) is 58.8 Å². The highest BCUT2D eigenvalue weighted by Crippen LogP contribution is 2.23. The van der Waals surface area contributed by atoms with Gasteiger partial charge in [0.2, 0.25) is 0 Å². The molecule has 1 aromatic carbocycles. The van der Waals surface area contributed by atoms with E-state index in [1.54, 1.807) is 0 Å². The maximum absolute atomic E-state index is 12.6. The predicted octanol–water partition coefficient (Wildman–Crippen LogP) is 3.84. The van der Waals surface area contributed by atoms with Crippen molar-refractivity contribution in [1.29, 1.82) is 0 Å². The molecule has 0 bridgehead atoms. The van der Waals surface area contributed by atoms with Crippen molar-refractivity contribution >= 4 is 17.5 Å². The second-order valence-corrected chi connectivity index (χ2v) is 10.9. The number of likely N-dealkylation sites (tertiary alicyclic amines) is 1. The van der Waals surface area contributed by atoms with Gasteiger partial charge in [0.15, 0.2) is 0 Å². The highest BCUT2D eigenvalue weighted by molar-refractivity contribution is 6.31. The summed E-state index contributed by atoms with van der Waals surface area (Å²) in [6.07, 6.45) is 10.8. The first kappa shape index (κ1) is 26.2. The van der Waals surface area contributed by atoms with E-state index in [4.69, 9.17) is 11.6 Å². The molecule has 4 rings (SSSR count). The van der Waals surface area contributed by atoms with Gasteiger partial charge in [0.25, 0.3) is 5.91 Å². The fourth-order valence-electron chi connectivity index (χ4n) is 5.35. The van der Waals surface area contributed by atoms with Gasteiger partial charge in [-0.3, -0.25) is 19.5 Å². The average molecular weight is 500 g/mol. The van der Waals surface area contributed by atoms with Gasteiger partial charge in [-0.05, 0) is 75.0 Å². The quantitative estimate of drug-likeness (QED) is 0.569. The molecule has 0 aliphatic carbocycles. The second kappa shape index (κ2) is 12.9. The van der Waals surface area contributed by atoms with Gasteiger partial charge in [0.05, 0.1) is 6.17 Å². The molecular weight excluding hydrogens is 458 g/mol. The zero-order valence-corrected chi connectivity index (χ0v) is 22.1. The lowest BCUT2D eigenvalue weighted by molar-refractivity contribution is -0.118. The van der Waals surface area contributed by atoms with Crippen molar-refractivity contribution in [3.8, 4) is 0 Å². The molecule has 2 saturated heterocycles. The van der Waals surface area contributed by atoms with Crippen molar-refractivity contribution in [3.63, 3.8) is 0 Å². The molecule has 1 aromatic rings. The van der Waals surface area contributed by atoms with Crippen molar-refractivity contribution in [2.24, 2.45) is 5.92 Å². The van der Waals surface area contributed by atoms with Crippen LogP contribution >= 0.6 is 11.6 Å². The second-order valence-electron chi connectivity index (χ2n) is 10.5. The van der Waals surface area contributed by atoms with Gasteiger partial charge in [-0.25, -0.2) is 0 Å². The monoisotopic (exact) mass is 499 g/mol. The molecule has 0 radical (unpaired) electrons. The number of hydrogen-bond acceptors (Lipinski definition) is 5. The summed E-state index contributed by atoms with van der Waals surface area (Å²) < 4.78 is 0. The van der Waals surface area contributed by atoms with E-state index in [-0.39, 0.29) is 12.1 Å². The van der Waals surface area contributed by atoms with E-state index in [1.165, 1.54) is 18.4 Å². The molecule has 1 unspecified atom stereocenters. The van der Waals surface area contributed by atoms with E-state index >= 15 is 0 Å². The van der Waals surface area contributed by atoms with Crippen LogP contribution in [0.15, 0.2) is 48.2 Å². The van der Waals surface area contributed by atoms with E-state index < -0.39 is 0 Å². The molecule has 192 valence electrons. The Bertz CT molecular complexity index is 893. The van der Waals surface area contributed by atoms with Crippen molar-refractivity contribution < 1.29 is 4.79 Å². The molecular formula is C28H42ClN5O. The first-order chi connectivity index (χ1) is 17.0.